The number of anilines is 1. The number of amides is 1. The van der Waals surface area contributed by atoms with E-state index in [0.29, 0.717) is 34.9 Å². The number of hydrogen-bond acceptors (Lipinski definition) is 5. The number of allylic oxidation sites excluding steroid dienone is 1. The number of benzene rings is 1. The number of pyridine rings is 1. The van der Waals surface area contributed by atoms with Gasteiger partial charge < -0.3 is 15.3 Å². The first kappa shape index (κ1) is 30.9. The number of piperidine rings is 1. The lowest BCUT2D eigenvalue weighted by atomic mass is 9.85. The van der Waals surface area contributed by atoms with Crippen LogP contribution in [0.3, 0.4) is 0 Å². The molecule has 2 aliphatic carbocycles. The number of nitrogens with one attached hydrogen (secondary N) is 1. The highest BCUT2D eigenvalue weighted by molar-refractivity contribution is 5.89. The van der Waals surface area contributed by atoms with Crippen LogP contribution < -0.4 is 5.32 Å². The van der Waals surface area contributed by atoms with Gasteiger partial charge >= 0.3 is 12.1 Å². The Labute approximate surface area is 260 Å². The van der Waals surface area contributed by atoms with Gasteiger partial charge in [0, 0.05) is 31.2 Å². The second-order valence-corrected chi connectivity index (χ2v) is 12.3. The largest absolute Gasteiger partial charge is 0.478 e. The van der Waals surface area contributed by atoms with Crippen LogP contribution in [0, 0.1) is 5.92 Å². The van der Waals surface area contributed by atoms with E-state index in [0.717, 1.165) is 87.7 Å². The van der Waals surface area contributed by atoms with Crippen molar-refractivity contribution in [2.45, 2.75) is 76.8 Å². The molecule has 3 heterocycles. The van der Waals surface area contributed by atoms with Crippen LogP contribution in [-0.4, -0.2) is 56.3 Å². The number of aromatic carboxylic acids is 1. The minimum absolute atomic E-state index is 0.0800. The lowest BCUT2D eigenvalue weighted by molar-refractivity contribution is -0.143. The average molecular weight is 622 g/mol. The van der Waals surface area contributed by atoms with Crippen LogP contribution in [-0.2, 0) is 17.4 Å². The smallest absolute Gasteiger partial charge is 0.434 e. The molecule has 1 aromatic carbocycles. The van der Waals surface area contributed by atoms with Gasteiger partial charge in [-0.1, -0.05) is 19.1 Å². The van der Waals surface area contributed by atoms with E-state index in [1.54, 1.807) is 12.1 Å². The molecule has 0 unspecified atom stereocenters. The summed E-state index contributed by atoms with van der Waals surface area (Å²) in [4.78, 5) is 30.5. The Bertz CT molecular complexity index is 1620. The fourth-order valence-corrected chi connectivity index (χ4v) is 6.76. The summed E-state index contributed by atoms with van der Waals surface area (Å²) in [7, 11) is 0. The van der Waals surface area contributed by atoms with Crippen molar-refractivity contribution in [2.24, 2.45) is 5.92 Å². The molecule has 1 saturated carbocycles. The maximum absolute atomic E-state index is 13.8. The number of rotatable bonds is 9. The molecule has 0 bridgehead atoms. The quantitative estimate of drug-likeness (QED) is 0.264. The Morgan fingerprint density at radius 2 is 1.80 bits per heavy atom. The predicted octanol–water partition coefficient (Wildman–Crippen LogP) is 7.10. The van der Waals surface area contributed by atoms with Crippen LogP contribution in [0.1, 0.15) is 97.1 Å². The zero-order valence-electron chi connectivity index (χ0n) is 25.4. The van der Waals surface area contributed by atoms with Crippen molar-refractivity contribution in [3.63, 3.8) is 0 Å². The van der Waals surface area contributed by atoms with E-state index in [4.69, 9.17) is 0 Å². The standard InChI is InChI=1S/C34H38F3N5O3/c1-2-21-18-25(12-13-26(21)22-14-16-41(17-15-22)32(43)23-10-11-23)38-19-24-6-3-4-7-27(24)29-8-5-9-30(40-29)42-31(34(35,36)37)28(20-39-42)33(44)45/h5,8-9,12-13,18,20,22-23,38H,2-4,6-7,10-11,14-17,19H2,1H3,(H,44,45). The van der Waals surface area contributed by atoms with E-state index < -0.39 is 23.4 Å². The van der Waals surface area contributed by atoms with Gasteiger partial charge in [0.1, 0.15) is 5.56 Å². The molecule has 2 fully saturated rings. The highest BCUT2D eigenvalue weighted by atomic mass is 19.4. The van der Waals surface area contributed by atoms with Gasteiger partial charge in [0.25, 0.3) is 0 Å². The van der Waals surface area contributed by atoms with Crippen molar-refractivity contribution >= 4 is 23.1 Å². The summed E-state index contributed by atoms with van der Waals surface area (Å²) in [5, 5.41) is 16.6. The number of carbonyl (C=O) groups is 2. The van der Waals surface area contributed by atoms with Gasteiger partial charge in [0.05, 0.1) is 11.9 Å². The molecule has 1 amide bonds. The number of halogens is 3. The number of nitrogens with zero attached hydrogens (tertiary/aromatic N) is 4. The van der Waals surface area contributed by atoms with E-state index in [2.05, 4.69) is 40.5 Å². The highest BCUT2D eigenvalue weighted by Gasteiger charge is 2.41. The number of aryl methyl sites for hydroxylation is 1. The molecular formula is C34H38F3N5O3. The number of likely N-dealkylation sites (tertiary alicyclic amines) is 1. The molecule has 238 valence electrons. The zero-order valence-corrected chi connectivity index (χ0v) is 25.4. The van der Waals surface area contributed by atoms with Gasteiger partial charge in [-0.25, -0.2) is 14.5 Å². The number of carboxylic acids is 1. The molecule has 2 aromatic heterocycles. The van der Waals surface area contributed by atoms with Crippen molar-refractivity contribution < 1.29 is 27.9 Å². The van der Waals surface area contributed by atoms with E-state index in [1.165, 1.54) is 17.2 Å². The molecule has 45 heavy (non-hydrogen) atoms. The Morgan fingerprint density at radius 3 is 2.49 bits per heavy atom. The Balaban J connectivity index is 1.19. The van der Waals surface area contributed by atoms with Crippen molar-refractivity contribution in [2.75, 3.05) is 25.0 Å². The molecule has 11 heteroatoms. The van der Waals surface area contributed by atoms with Crippen molar-refractivity contribution in [1.29, 1.82) is 0 Å². The monoisotopic (exact) mass is 621 g/mol. The molecule has 1 aliphatic heterocycles. The summed E-state index contributed by atoms with van der Waals surface area (Å²) in [5.74, 6) is -0.728. The summed E-state index contributed by atoms with van der Waals surface area (Å²) < 4.78 is 42.1. The van der Waals surface area contributed by atoms with Crippen LogP contribution in [0.2, 0.25) is 0 Å². The second-order valence-electron chi connectivity index (χ2n) is 12.3. The normalized spacial score (nSPS) is 17.9. The highest BCUT2D eigenvalue weighted by Crippen LogP contribution is 2.37. The first-order chi connectivity index (χ1) is 21.6. The van der Waals surface area contributed by atoms with Crippen molar-refractivity contribution in [3.05, 3.63) is 76.2 Å². The first-order valence-corrected chi connectivity index (χ1v) is 15.9. The number of carbonyl (C=O) groups excluding carboxylic acids is 1. The minimum atomic E-state index is -4.92. The Hall–Kier alpha value is -4.15. The SMILES string of the molecule is CCc1cc(NCC2=C(c3cccc(-n4ncc(C(=O)O)c4C(F)(F)F)n3)CCCC2)ccc1C1CCN(C(=O)C2CC2)CC1. The fraction of sp³-hybridized carbons (Fsp3) is 0.471. The van der Waals surface area contributed by atoms with Crippen LogP contribution in [0.4, 0.5) is 18.9 Å². The van der Waals surface area contributed by atoms with Gasteiger partial charge in [0.15, 0.2) is 11.5 Å². The Morgan fingerprint density at radius 1 is 1.04 bits per heavy atom. The predicted molar refractivity (Wildman–Crippen MR) is 164 cm³/mol. The summed E-state index contributed by atoms with van der Waals surface area (Å²) >= 11 is 0. The lowest BCUT2D eigenvalue weighted by Gasteiger charge is -2.33. The van der Waals surface area contributed by atoms with Gasteiger partial charge in [-0.2, -0.15) is 18.3 Å². The van der Waals surface area contributed by atoms with Gasteiger partial charge in [-0.05, 0) is 110 Å². The van der Waals surface area contributed by atoms with Crippen LogP contribution in [0.5, 0.6) is 0 Å². The van der Waals surface area contributed by atoms with E-state index in [9.17, 15) is 27.9 Å². The molecule has 1 saturated heterocycles. The third-order valence-electron chi connectivity index (χ3n) is 9.31. The number of aromatic nitrogens is 3. The average Bonchev–Trinajstić information content (AvgIpc) is 3.79. The minimum Gasteiger partial charge on any atom is -0.478 e. The maximum Gasteiger partial charge on any atom is 0.434 e. The van der Waals surface area contributed by atoms with Gasteiger partial charge in [-0.15, -0.1) is 0 Å². The number of alkyl halides is 3. The van der Waals surface area contributed by atoms with Gasteiger partial charge in [-0.3, -0.25) is 4.79 Å². The summed E-state index contributed by atoms with van der Waals surface area (Å²) in [6.45, 7) is 4.41. The fourth-order valence-electron chi connectivity index (χ4n) is 6.76. The third-order valence-corrected chi connectivity index (χ3v) is 9.31. The molecule has 8 nitrogen and oxygen atoms in total. The van der Waals surface area contributed by atoms with Crippen molar-refractivity contribution in [3.8, 4) is 5.82 Å². The molecule has 2 N–H and O–H groups in total. The summed E-state index contributed by atoms with van der Waals surface area (Å²) in [5.41, 5.74) is 4.14. The Kier molecular flexibility index (Phi) is 8.70. The second kappa shape index (κ2) is 12.7. The lowest BCUT2D eigenvalue weighted by Crippen LogP contribution is -2.38. The van der Waals surface area contributed by atoms with Crippen molar-refractivity contribution in [1.82, 2.24) is 19.7 Å². The third kappa shape index (κ3) is 6.62. The molecule has 0 atom stereocenters. The van der Waals surface area contributed by atoms with Crippen LogP contribution in [0.25, 0.3) is 11.4 Å². The van der Waals surface area contributed by atoms with Crippen LogP contribution >= 0.6 is 0 Å². The molecule has 3 aliphatic rings. The number of carboxylic acid groups (broad SMARTS) is 1. The summed E-state index contributed by atoms with van der Waals surface area (Å²) in [6, 6.07) is 11.4. The van der Waals surface area contributed by atoms with E-state index in [1.807, 2.05) is 4.90 Å². The first-order valence-electron chi connectivity index (χ1n) is 15.9. The summed E-state index contributed by atoms with van der Waals surface area (Å²) in [6.07, 6.45) is 4.32. The maximum atomic E-state index is 13.8. The zero-order chi connectivity index (χ0) is 31.7. The molecular weight excluding hydrogens is 583 g/mol. The molecule has 6 rings (SSSR count). The molecule has 0 spiro atoms. The molecule has 3 aromatic rings. The molecule has 0 radical (unpaired) electrons. The van der Waals surface area contributed by atoms with Crippen LogP contribution in [0.15, 0.2) is 48.2 Å². The van der Waals surface area contributed by atoms with Gasteiger partial charge in [0.2, 0.25) is 5.91 Å². The topological polar surface area (TPSA) is 100 Å². The van der Waals surface area contributed by atoms with E-state index in [-0.39, 0.29) is 11.7 Å². The van der Waals surface area contributed by atoms with E-state index >= 15 is 0 Å². The number of hydrogen-bond donors (Lipinski definition) is 2.